The molecular formula is C20H23N5O2S. The smallest absolute Gasteiger partial charge is 0.273 e. The Morgan fingerprint density at radius 1 is 1.36 bits per heavy atom. The Kier molecular flexibility index (Phi) is 4.80. The van der Waals surface area contributed by atoms with Crippen LogP contribution in [-0.4, -0.2) is 34.3 Å². The third-order valence-electron chi connectivity index (χ3n) is 5.09. The Morgan fingerprint density at radius 3 is 2.93 bits per heavy atom. The van der Waals surface area contributed by atoms with E-state index in [2.05, 4.69) is 22.1 Å². The van der Waals surface area contributed by atoms with Crippen molar-refractivity contribution in [2.75, 3.05) is 23.3 Å². The highest BCUT2D eigenvalue weighted by atomic mass is 32.1. The van der Waals surface area contributed by atoms with Gasteiger partial charge >= 0.3 is 0 Å². The fourth-order valence-corrected chi connectivity index (χ4v) is 4.62. The topological polar surface area (TPSA) is 92.7 Å². The quantitative estimate of drug-likeness (QED) is 0.706. The maximum Gasteiger partial charge on any atom is 0.273 e. The highest BCUT2D eigenvalue weighted by Crippen LogP contribution is 2.31. The lowest BCUT2D eigenvalue weighted by molar-refractivity contribution is 0.0995. The SMILES string of the molecule is Cc1cn2c(C(=O)Nc3cc(C(N)=O)ccc3N3CCCC(C)C3)csc2n1. The minimum atomic E-state index is -0.516. The number of benzene rings is 1. The van der Waals surface area contributed by atoms with Gasteiger partial charge in [-0.1, -0.05) is 6.92 Å². The van der Waals surface area contributed by atoms with Crippen molar-refractivity contribution < 1.29 is 9.59 Å². The van der Waals surface area contributed by atoms with Gasteiger partial charge in [-0.05, 0) is 43.9 Å². The van der Waals surface area contributed by atoms with Crippen LogP contribution in [-0.2, 0) is 0 Å². The number of nitrogens with one attached hydrogen (secondary N) is 1. The molecule has 3 N–H and O–H groups in total. The molecular weight excluding hydrogens is 374 g/mol. The molecule has 0 aliphatic carbocycles. The number of rotatable bonds is 4. The van der Waals surface area contributed by atoms with E-state index in [1.807, 2.05) is 19.2 Å². The number of carbonyl (C=O) groups excluding carboxylic acids is 2. The first-order chi connectivity index (χ1) is 13.4. The van der Waals surface area contributed by atoms with Gasteiger partial charge in [0.2, 0.25) is 5.91 Å². The van der Waals surface area contributed by atoms with Crippen molar-refractivity contribution in [2.24, 2.45) is 11.7 Å². The average Bonchev–Trinajstić information content (AvgIpc) is 3.20. The highest BCUT2D eigenvalue weighted by Gasteiger charge is 2.22. The van der Waals surface area contributed by atoms with E-state index in [1.54, 1.807) is 21.9 Å². The fourth-order valence-electron chi connectivity index (χ4n) is 3.72. The molecule has 1 aliphatic rings. The van der Waals surface area contributed by atoms with Crippen LogP contribution in [0.1, 0.15) is 46.3 Å². The van der Waals surface area contributed by atoms with Crippen LogP contribution in [0.15, 0.2) is 29.8 Å². The molecule has 1 atom stereocenters. The molecule has 7 nitrogen and oxygen atoms in total. The molecule has 4 rings (SSSR count). The third kappa shape index (κ3) is 3.47. The maximum absolute atomic E-state index is 13.0. The van der Waals surface area contributed by atoms with Gasteiger partial charge in [0, 0.05) is 30.2 Å². The average molecular weight is 398 g/mol. The van der Waals surface area contributed by atoms with E-state index in [1.165, 1.54) is 17.8 Å². The van der Waals surface area contributed by atoms with E-state index in [9.17, 15) is 9.59 Å². The van der Waals surface area contributed by atoms with Gasteiger partial charge in [-0.15, -0.1) is 11.3 Å². The first kappa shape index (κ1) is 18.5. The van der Waals surface area contributed by atoms with Crippen molar-refractivity contribution in [2.45, 2.75) is 26.7 Å². The zero-order valence-electron chi connectivity index (χ0n) is 15.9. The number of piperidine rings is 1. The van der Waals surface area contributed by atoms with Crippen molar-refractivity contribution in [3.8, 4) is 0 Å². The van der Waals surface area contributed by atoms with Gasteiger partial charge in [0.05, 0.1) is 17.1 Å². The number of fused-ring (bicyclic) bond motifs is 1. The second-order valence-electron chi connectivity index (χ2n) is 7.40. The monoisotopic (exact) mass is 397 g/mol. The summed E-state index contributed by atoms with van der Waals surface area (Å²) < 4.78 is 1.79. The summed E-state index contributed by atoms with van der Waals surface area (Å²) in [5, 5.41) is 4.78. The standard InChI is InChI=1S/C20H23N5O2S/c1-12-4-3-7-24(9-12)16-6-5-14(18(21)26)8-15(16)23-19(27)17-11-28-20-22-13(2)10-25(17)20/h5-6,8,10-12H,3-4,7,9H2,1-2H3,(H2,21,26)(H,23,27). The fraction of sp³-hybridized carbons (Fsp3) is 0.350. The number of anilines is 2. The lowest BCUT2D eigenvalue weighted by Crippen LogP contribution is -2.35. The van der Waals surface area contributed by atoms with E-state index >= 15 is 0 Å². The minimum Gasteiger partial charge on any atom is -0.370 e. The zero-order chi connectivity index (χ0) is 19.8. The minimum absolute atomic E-state index is 0.239. The molecule has 2 aromatic heterocycles. The summed E-state index contributed by atoms with van der Waals surface area (Å²) in [6.07, 6.45) is 4.14. The van der Waals surface area contributed by atoms with Gasteiger partial charge in [0.25, 0.3) is 5.91 Å². The summed E-state index contributed by atoms with van der Waals surface area (Å²) >= 11 is 1.42. The maximum atomic E-state index is 13.0. The Labute approximate surface area is 167 Å². The van der Waals surface area contributed by atoms with E-state index in [4.69, 9.17) is 5.73 Å². The molecule has 0 radical (unpaired) electrons. The predicted octanol–water partition coefficient (Wildman–Crippen LogP) is 3.29. The second kappa shape index (κ2) is 7.27. The van der Waals surface area contributed by atoms with E-state index in [0.29, 0.717) is 22.9 Å². The molecule has 1 unspecified atom stereocenters. The van der Waals surface area contributed by atoms with Crippen LogP contribution in [0.3, 0.4) is 0 Å². The van der Waals surface area contributed by atoms with E-state index in [0.717, 1.165) is 35.9 Å². The van der Waals surface area contributed by atoms with Crippen LogP contribution < -0.4 is 16.0 Å². The number of nitrogens with two attached hydrogens (primary N) is 1. The lowest BCUT2D eigenvalue weighted by Gasteiger charge is -2.34. The van der Waals surface area contributed by atoms with E-state index in [-0.39, 0.29) is 5.91 Å². The molecule has 2 amide bonds. The number of hydrogen-bond donors (Lipinski definition) is 2. The predicted molar refractivity (Wildman–Crippen MR) is 111 cm³/mol. The van der Waals surface area contributed by atoms with Crippen LogP contribution in [0.25, 0.3) is 4.96 Å². The zero-order valence-corrected chi connectivity index (χ0v) is 16.8. The summed E-state index contributed by atoms with van der Waals surface area (Å²) in [6, 6.07) is 5.25. The van der Waals surface area contributed by atoms with Crippen molar-refractivity contribution in [3.05, 3.63) is 46.7 Å². The molecule has 1 aliphatic heterocycles. The summed E-state index contributed by atoms with van der Waals surface area (Å²) in [6.45, 7) is 5.97. The van der Waals surface area contributed by atoms with Gasteiger partial charge in [-0.2, -0.15) is 0 Å². The molecule has 1 aromatic carbocycles. The molecule has 0 saturated carbocycles. The third-order valence-corrected chi connectivity index (χ3v) is 5.93. The van der Waals surface area contributed by atoms with Crippen LogP contribution in [0.5, 0.6) is 0 Å². The number of imidazole rings is 1. The Morgan fingerprint density at radius 2 is 2.18 bits per heavy atom. The summed E-state index contributed by atoms with van der Waals surface area (Å²) in [5.74, 6) is -0.174. The Balaban J connectivity index is 1.69. The number of hydrogen-bond acceptors (Lipinski definition) is 5. The molecule has 8 heteroatoms. The number of thiazole rings is 1. The molecule has 1 fully saturated rings. The molecule has 3 aromatic rings. The number of primary amides is 1. The van der Waals surface area contributed by atoms with Gasteiger partial charge in [-0.3, -0.25) is 14.0 Å². The molecule has 0 bridgehead atoms. The van der Waals surface area contributed by atoms with Crippen molar-refractivity contribution in [1.82, 2.24) is 9.38 Å². The van der Waals surface area contributed by atoms with Gasteiger partial charge in [-0.25, -0.2) is 4.98 Å². The molecule has 0 spiro atoms. The Bertz CT molecular complexity index is 1050. The molecule has 3 heterocycles. The molecule has 28 heavy (non-hydrogen) atoms. The van der Waals surface area contributed by atoms with E-state index < -0.39 is 5.91 Å². The normalized spacial score (nSPS) is 17.1. The highest BCUT2D eigenvalue weighted by molar-refractivity contribution is 7.15. The summed E-state index contributed by atoms with van der Waals surface area (Å²) in [4.78, 5) is 32.1. The number of aryl methyl sites for hydroxylation is 1. The number of nitrogens with zero attached hydrogens (tertiary/aromatic N) is 3. The van der Waals surface area contributed by atoms with Gasteiger partial charge in [0.1, 0.15) is 5.69 Å². The van der Waals surface area contributed by atoms with Crippen molar-refractivity contribution in [3.63, 3.8) is 0 Å². The lowest BCUT2D eigenvalue weighted by atomic mass is 9.99. The van der Waals surface area contributed by atoms with Crippen LogP contribution in [0, 0.1) is 12.8 Å². The van der Waals surface area contributed by atoms with Crippen LogP contribution in [0.4, 0.5) is 11.4 Å². The van der Waals surface area contributed by atoms with Crippen molar-refractivity contribution >= 4 is 39.5 Å². The second-order valence-corrected chi connectivity index (χ2v) is 8.24. The summed E-state index contributed by atoms with van der Waals surface area (Å²) in [5.41, 5.74) is 8.73. The first-order valence-electron chi connectivity index (χ1n) is 9.35. The van der Waals surface area contributed by atoms with Crippen LogP contribution in [0.2, 0.25) is 0 Å². The number of amides is 2. The number of carbonyl (C=O) groups is 2. The van der Waals surface area contributed by atoms with Gasteiger partial charge in [0.15, 0.2) is 4.96 Å². The molecule has 1 saturated heterocycles. The largest absolute Gasteiger partial charge is 0.370 e. The Hall–Kier alpha value is -2.87. The first-order valence-corrected chi connectivity index (χ1v) is 10.2. The summed E-state index contributed by atoms with van der Waals surface area (Å²) in [7, 11) is 0. The number of aromatic nitrogens is 2. The van der Waals surface area contributed by atoms with Gasteiger partial charge < -0.3 is 16.0 Å². The molecule has 146 valence electrons. The van der Waals surface area contributed by atoms with Crippen molar-refractivity contribution in [1.29, 1.82) is 0 Å². The van der Waals surface area contributed by atoms with Crippen LogP contribution >= 0.6 is 11.3 Å².